The van der Waals surface area contributed by atoms with E-state index in [4.69, 9.17) is 35.1 Å². The number of aromatic nitrogens is 7. The fraction of sp³-hybridized carbons (Fsp3) is 0.329. The van der Waals surface area contributed by atoms with Gasteiger partial charge in [0, 0.05) is 123 Å². The van der Waals surface area contributed by atoms with Crippen LogP contribution in [0.25, 0.3) is 0 Å². The number of carbonyl (C=O) groups is 5. The number of unbranched alkanes of at least 4 members (excludes halogenated alkanes) is 12. The molecule has 0 atom stereocenters. The van der Waals surface area contributed by atoms with Gasteiger partial charge in [-0.3, -0.25) is 30.8 Å². The molecule has 0 saturated heterocycles. The fourth-order valence-corrected chi connectivity index (χ4v) is 8.50. The monoisotopic (exact) mass is 1570 g/mol. The fourth-order valence-electron chi connectivity index (χ4n) is 8.26. The average molecular weight is 1570 g/mol. The van der Waals surface area contributed by atoms with Gasteiger partial charge in [0.15, 0.2) is 0 Å². The van der Waals surface area contributed by atoms with Crippen molar-refractivity contribution in [3.63, 3.8) is 0 Å². The van der Waals surface area contributed by atoms with Crippen LogP contribution in [0.15, 0.2) is 133 Å². The van der Waals surface area contributed by atoms with E-state index in [1.807, 2.05) is 36.4 Å². The van der Waals surface area contributed by atoms with Crippen LogP contribution in [-0.4, -0.2) is 112 Å². The molecule has 7 rings (SSSR count). The number of hydrogen-bond acceptors (Lipinski definition) is 19. The van der Waals surface area contributed by atoms with E-state index in [2.05, 4.69) is 110 Å². The van der Waals surface area contributed by atoms with E-state index in [0.29, 0.717) is 67.8 Å². The Kier molecular flexibility index (Phi) is 52.8. The molecular weight excluding hydrogens is 1480 g/mol. The van der Waals surface area contributed by atoms with Crippen molar-refractivity contribution in [3.8, 4) is 48.4 Å². The maximum Gasteiger partial charge on any atom is 0.339 e. The summed E-state index contributed by atoms with van der Waals surface area (Å²) in [7, 11) is 6.72. The number of nitrogens with two attached hydrogens (primary N) is 2. The van der Waals surface area contributed by atoms with Crippen molar-refractivity contribution in [1.29, 1.82) is 10.8 Å². The third-order valence-electron chi connectivity index (χ3n) is 13.7. The van der Waals surface area contributed by atoms with Crippen molar-refractivity contribution in [2.45, 2.75) is 128 Å². The number of terminal acetylenes is 2. The second-order valence-corrected chi connectivity index (χ2v) is 21.7. The van der Waals surface area contributed by atoms with E-state index in [-0.39, 0.29) is 82.2 Å². The summed E-state index contributed by atoms with van der Waals surface area (Å²) in [6, 6.07) is 24.9. The van der Waals surface area contributed by atoms with Crippen molar-refractivity contribution in [2.75, 3.05) is 35.5 Å². The number of esters is 5. The van der Waals surface area contributed by atoms with Crippen LogP contribution in [0.4, 0.5) is 0 Å². The summed E-state index contributed by atoms with van der Waals surface area (Å²) >= 11 is 3.15. The number of aryl methyl sites for hydroxylation is 4. The molecule has 0 unspecified atom stereocenters. The van der Waals surface area contributed by atoms with Gasteiger partial charge in [0.1, 0.15) is 27.7 Å². The Morgan fingerprint density at radius 3 is 0.851 bits per heavy atom. The minimum atomic E-state index is -0.421. The van der Waals surface area contributed by atoms with Crippen LogP contribution in [-0.2, 0) is 69.8 Å². The van der Waals surface area contributed by atoms with Crippen molar-refractivity contribution < 1.29 is 68.1 Å². The number of pyridine rings is 7. The zero-order valence-electron chi connectivity index (χ0n) is 57.8. The Labute approximate surface area is 629 Å². The number of ether oxygens (including phenoxy) is 5. The molecule has 540 valence electrons. The number of hydrogen-bond donors (Lipinski definition) is 4. The Morgan fingerprint density at radius 1 is 0.376 bits per heavy atom. The third kappa shape index (κ3) is 40.2. The van der Waals surface area contributed by atoms with Crippen molar-refractivity contribution in [1.82, 2.24) is 34.9 Å². The molecule has 0 radical (unpaired) electrons. The van der Waals surface area contributed by atoms with Crippen LogP contribution in [0.3, 0.4) is 0 Å². The van der Waals surface area contributed by atoms with Gasteiger partial charge in [0.25, 0.3) is 0 Å². The van der Waals surface area contributed by atoms with Gasteiger partial charge in [-0.15, -0.1) is 49.5 Å². The van der Waals surface area contributed by atoms with E-state index in [0.717, 1.165) is 113 Å². The Morgan fingerprint density at radius 2 is 0.624 bits per heavy atom. The van der Waals surface area contributed by atoms with Gasteiger partial charge in [0.05, 0.1) is 63.4 Å². The van der Waals surface area contributed by atoms with E-state index in [1.54, 1.807) is 73.3 Å². The molecule has 0 amide bonds. The molecular formula is C76H89BrCl2N11O10Pd-. The zero-order valence-corrected chi connectivity index (χ0v) is 62.6. The van der Waals surface area contributed by atoms with Crippen LogP contribution in [0.5, 0.6) is 0 Å². The molecule has 25 heteroatoms. The molecule has 21 nitrogen and oxygen atoms in total. The van der Waals surface area contributed by atoms with E-state index < -0.39 is 11.9 Å². The van der Waals surface area contributed by atoms with E-state index in [1.165, 1.54) is 79.8 Å². The third-order valence-corrected chi connectivity index (χ3v) is 14.2. The van der Waals surface area contributed by atoms with Crippen LogP contribution < -0.4 is 11.5 Å². The SMILES string of the molecule is C#CCCCC#C.COC(=O)c1ccc(Br)nc1.COC(=O)c1ccc(C#CCCCC#Cc2ccc(C(=O)OC)cn2)nc1.COC(=O)c1ccc(CCCCCCCc2ccc(C(=O)OC)cn2)nc1.Cl.Cl.N=C(N)c1ccc(CCCCCCCc2ccc(C(=N)N)cn2)nc1.[CH3-].[Pd]. The molecule has 0 aliphatic rings. The summed E-state index contributed by atoms with van der Waals surface area (Å²) < 4.78 is 23.7. The normalized spacial score (nSPS) is 9.35. The van der Waals surface area contributed by atoms with Gasteiger partial charge in [0.2, 0.25) is 0 Å². The van der Waals surface area contributed by atoms with Gasteiger partial charge in [-0.25, -0.2) is 38.9 Å². The summed E-state index contributed by atoms with van der Waals surface area (Å²) in [6.07, 6.45) is 40.7. The molecule has 7 aromatic heterocycles. The van der Waals surface area contributed by atoms with Gasteiger partial charge >= 0.3 is 29.8 Å². The second kappa shape index (κ2) is 57.1. The molecule has 0 saturated carbocycles. The minimum absolute atomic E-state index is 0. The molecule has 6 N–H and O–H groups in total. The molecule has 0 aliphatic carbocycles. The number of halogens is 3. The van der Waals surface area contributed by atoms with Crippen LogP contribution in [0.1, 0.15) is 200 Å². The number of nitrogens with one attached hydrogen (secondary N) is 2. The van der Waals surface area contributed by atoms with Gasteiger partial charge < -0.3 is 42.6 Å². The Balaban J connectivity index is 0. The summed E-state index contributed by atoms with van der Waals surface area (Å²) in [5, 5.41) is 14.7. The number of amidine groups is 2. The second-order valence-electron chi connectivity index (χ2n) is 20.9. The Hall–Kier alpha value is -9.70. The van der Waals surface area contributed by atoms with Crippen molar-refractivity contribution in [3.05, 3.63) is 213 Å². The van der Waals surface area contributed by atoms with Gasteiger partial charge in [-0.2, -0.15) is 0 Å². The quantitative estimate of drug-likeness (QED) is 0.00428. The van der Waals surface area contributed by atoms with Crippen molar-refractivity contribution >= 4 is 82.3 Å². The first kappa shape index (κ1) is 93.4. The summed E-state index contributed by atoms with van der Waals surface area (Å²) in [5.74, 6) is 15.1. The topological polar surface area (TPSA) is 321 Å². The number of rotatable bonds is 27. The summed E-state index contributed by atoms with van der Waals surface area (Å²) in [5.41, 5.74) is 19.7. The largest absolute Gasteiger partial charge is 0.465 e. The zero-order chi connectivity index (χ0) is 70.8. The van der Waals surface area contributed by atoms with Crippen LogP contribution in [0, 0.1) is 66.6 Å². The standard InChI is InChI=1S/C21H26N2O4.C21H18N2O4.C19H26N6.C7H6BrNO2.C7H8.CH3.2ClH.Pd/c2*1-26-20(24)16-10-12-18(22-14-16)8-6-4-3-5-7-9-19-13-11-17(15-23-19)21(25)27-2;20-18(21)14-8-10-16(24-12-14)6-4-2-1-3-5-7-17-11-9-15(13-25-17)19(22)23;1-11-7(10)5-2-3-6(8)9-4-5;1-3-5-7-6-4-2;;;;/h10-15H,3-9H2,1-2H3;10-15H,3-5H2,1-2H3;8-13H,1-7H2,(H3,20,21)(H3,22,23);2-4H,1H3;1-2H,5-7H2;1H3;2*1H;/q;;;;;-1;;;. The maximum absolute atomic E-state index is 11.4. The number of methoxy groups -OCH3 is 5. The maximum atomic E-state index is 11.4. The average Bonchev–Trinajstić information content (AvgIpc) is 0.986. The first-order valence-corrected chi connectivity index (χ1v) is 32.1. The predicted octanol–water partition coefficient (Wildman–Crippen LogP) is 13.5. The molecule has 7 heterocycles. The number of carbonyl (C=O) groups excluding carboxylic acids is 5. The molecule has 0 bridgehead atoms. The van der Waals surface area contributed by atoms with Crippen LogP contribution in [0.2, 0.25) is 0 Å². The smallest absolute Gasteiger partial charge is 0.339 e. The molecule has 0 spiro atoms. The van der Waals surface area contributed by atoms with Crippen LogP contribution >= 0.6 is 40.7 Å². The molecule has 101 heavy (non-hydrogen) atoms. The minimum Gasteiger partial charge on any atom is -0.465 e. The number of nitrogens with zero attached hydrogens (tertiary/aromatic N) is 7. The van der Waals surface area contributed by atoms with E-state index >= 15 is 0 Å². The molecule has 0 aromatic carbocycles. The first-order chi connectivity index (χ1) is 47.0. The van der Waals surface area contributed by atoms with E-state index in [9.17, 15) is 24.0 Å². The summed E-state index contributed by atoms with van der Waals surface area (Å²) in [6.45, 7) is 0. The summed E-state index contributed by atoms with van der Waals surface area (Å²) in [4.78, 5) is 85.6. The van der Waals surface area contributed by atoms with Crippen molar-refractivity contribution in [2.24, 2.45) is 11.5 Å². The van der Waals surface area contributed by atoms with Gasteiger partial charge in [-0.1, -0.05) is 50.4 Å². The first-order valence-electron chi connectivity index (χ1n) is 31.3. The predicted molar refractivity (Wildman–Crippen MR) is 397 cm³/mol. The number of nitrogen functional groups attached to an aromatic ring is 2. The molecule has 0 fully saturated rings. The Bertz CT molecular complexity index is 3570. The van der Waals surface area contributed by atoms with Gasteiger partial charge in [-0.05, 0) is 177 Å². The molecule has 7 aromatic rings. The molecule has 0 aliphatic heterocycles.